The number of rotatable bonds is 5. The summed E-state index contributed by atoms with van der Waals surface area (Å²) in [6, 6.07) is 32.9. The van der Waals surface area contributed by atoms with Gasteiger partial charge >= 0.3 is 0 Å². The van der Waals surface area contributed by atoms with Crippen LogP contribution in [0.3, 0.4) is 0 Å². The van der Waals surface area contributed by atoms with Crippen molar-refractivity contribution in [2.75, 3.05) is 0 Å². The third-order valence-corrected chi connectivity index (χ3v) is 10.7. The molecule has 2 heterocycles. The Hall–Kier alpha value is -4.15. The molecule has 0 aliphatic heterocycles. The number of aromatic nitrogens is 2. The summed E-state index contributed by atoms with van der Waals surface area (Å²) in [5, 5.41) is 6.09. The van der Waals surface area contributed by atoms with Gasteiger partial charge in [0.05, 0.1) is 30.4 Å². The Morgan fingerprint density at radius 2 is 1.31 bits per heavy atom. The van der Waals surface area contributed by atoms with Crippen molar-refractivity contribution >= 4 is 57.0 Å². The molecule has 0 saturated carbocycles. The lowest BCUT2D eigenvalue weighted by Crippen LogP contribution is -2.38. The number of hydrogen-bond donors (Lipinski definition) is 0. The summed E-state index contributed by atoms with van der Waals surface area (Å²) < 4.78 is 9.23. The largest absolute Gasteiger partial charge is 0.455 e. The third kappa shape index (κ3) is 4.12. The first-order chi connectivity index (χ1) is 20.1. The van der Waals surface area contributed by atoms with Crippen molar-refractivity contribution in [2.24, 2.45) is 0 Å². The molecule has 7 rings (SSSR count). The molecule has 42 heavy (non-hydrogen) atoms. The van der Waals surface area contributed by atoms with Crippen molar-refractivity contribution in [3.05, 3.63) is 102 Å². The van der Waals surface area contributed by atoms with Crippen LogP contribution < -0.4 is 5.19 Å². The Kier molecular flexibility index (Phi) is 6.18. The molecule has 210 valence electrons. The number of hydrogen-bond acceptors (Lipinski definition) is 2. The van der Waals surface area contributed by atoms with Crippen LogP contribution in [-0.2, 0) is 0 Å². The van der Waals surface area contributed by atoms with Gasteiger partial charge in [0.15, 0.2) is 0 Å². The quantitative estimate of drug-likeness (QED) is 0.194. The van der Waals surface area contributed by atoms with Gasteiger partial charge in [0.25, 0.3) is 0 Å². The highest BCUT2D eigenvalue weighted by atomic mass is 28.3. The van der Waals surface area contributed by atoms with E-state index in [1.807, 2.05) is 0 Å². The molecule has 0 fully saturated rings. The Labute approximate surface area is 248 Å². The highest BCUT2D eigenvalue weighted by Gasteiger charge is 2.27. The lowest BCUT2D eigenvalue weighted by Gasteiger charge is -2.27. The fourth-order valence-electron chi connectivity index (χ4n) is 6.39. The maximum atomic E-state index is 6.81. The van der Waals surface area contributed by atoms with Gasteiger partial charge in [-0.3, -0.25) is 4.57 Å². The van der Waals surface area contributed by atoms with E-state index in [-0.39, 0.29) is 0 Å². The average Bonchev–Trinajstić information content (AvgIpc) is 3.54. The van der Waals surface area contributed by atoms with Crippen LogP contribution in [0.25, 0.3) is 60.8 Å². The van der Waals surface area contributed by atoms with Crippen molar-refractivity contribution in [1.29, 1.82) is 0 Å². The Morgan fingerprint density at radius 3 is 2.02 bits per heavy atom. The Bertz CT molecular complexity index is 2110. The summed E-state index contributed by atoms with van der Waals surface area (Å²) in [6.07, 6.45) is 0. The summed E-state index contributed by atoms with van der Waals surface area (Å²) in [6.45, 7) is 16.6. The lowest BCUT2D eigenvalue weighted by molar-refractivity contribution is 0.673. The van der Waals surface area contributed by atoms with Crippen LogP contribution in [0, 0.1) is 0 Å². The number of para-hydroxylation sites is 3. The van der Waals surface area contributed by atoms with E-state index in [1.165, 1.54) is 27.4 Å². The van der Waals surface area contributed by atoms with Gasteiger partial charge in [0, 0.05) is 16.2 Å². The summed E-state index contributed by atoms with van der Waals surface area (Å²) in [4.78, 5) is 5.33. The minimum Gasteiger partial charge on any atom is -0.455 e. The molecule has 0 radical (unpaired) electrons. The van der Waals surface area contributed by atoms with Gasteiger partial charge in [0.2, 0.25) is 0 Å². The van der Waals surface area contributed by atoms with Crippen molar-refractivity contribution in [2.45, 2.75) is 59.2 Å². The third-order valence-electron chi connectivity index (χ3n) is 8.69. The lowest BCUT2D eigenvalue weighted by atomic mass is 9.92. The zero-order chi connectivity index (χ0) is 29.3. The molecule has 7 aromatic rings. The topological polar surface area (TPSA) is 31.0 Å². The highest BCUT2D eigenvalue weighted by Crippen LogP contribution is 2.42. The van der Waals surface area contributed by atoms with Crippen LogP contribution in [0.5, 0.6) is 0 Å². The molecule has 4 heteroatoms. The van der Waals surface area contributed by atoms with E-state index in [2.05, 4.69) is 143 Å². The molecule has 0 aliphatic rings. The Balaban J connectivity index is 1.61. The molecule has 0 aliphatic carbocycles. The van der Waals surface area contributed by atoms with E-state index < -0.39 is 8.07 Å². The van der Waals surface area contributed by atoms with E-state index >= 15 is 0 Å². The molecule has 3 nitrogen and oxygen atoms in total. The number of furan rings is 1. The fraction of sp³-hybridized carbons (Fsp3) is 0.237. The summed E-state index contributed by atoms with van der Waals surface area (Å²) in [5.74, 6) is 1.64. The number of nitrogens with zero attached hydrogens (tertiary/aromatic N) is 2. The Morgan fingerprint density at radius 1 is 0.667 bits per heavy atom. The standard InChI is InChI=1S/C38H38N2OSi/c1-23(2)31-21-26(42(5,6)7)22-32(24(3)4)35(31)40-34-18-11-10-17-33(34)39-38(40)30-16-12-15-28-29-20-19-25-13-8-9-14-27(25)36(29)41-37(28)30/h8-24H,1-7H3. The SMILES string of the molecule is CC(C)c1cc([Si](C)(C)C)cc(C(C)C)c1-n1c(-c2cccc3c2oc2c4ccccc4ccc32)nc2ccccc21. The van der Waals surface area contributed by atoms with Crippen molar-refractivity contribution in [3.63, 3.8) is 0 Å². The second-order valence-corrected chi connectivity index (χ2v) is 18.3. The molecule has 0 bridgehead atoms. The molecule has 0 N–H and O–H groups in total. The first kappa shape index (κ1) is 26.7. The van der Waals surface area contributed by atoms with Crippen LogP contribution in [0.4, 0.5) is 0 Å². The van der Waals surface area contributed by atoms with Crippen LogP contribution >= 0.6 is 0 Å². The van der Waals surface area contributed by atoms with Crippen LogP contribution in [0.1, 0.15) is 50.7 Å². The molecule has 0 unspecified atom stereocenters. The van der Waals surface area contributed by atoms with Gasteiger partial charge in [-0.2, -0.15) is 0 Å². The van der Waals surface area contributed by atoms with Gasteiger partial charge in [-0.1, -0.05) is 119 Å². The van der Waals surface area contributed by atoms with Gasteiger partial charge in [-0.25, -0.2) is 4.98 Å². The molecule has 5 aromatic carbocycles. The predicted molar refractivity (Wildman–Crippen MR) is 182 cm³/mol. The normalized spacial score (nSPS) is 12.6. The van der Waals surface area contributed by atoms with Gasteiger partial charge in [-0.15, -0.1) is 0 Å². The fourth-order valence-corrected chi connectivity index (χ4v) is 7.56. The number of benzene rings is 5. The summed E-state index contributed by atoms with van der Waals surface area (Å²) >= 11 is 0. The maximum absolute atomic E-state index is 6.81. The number of fused-ring (bicyclic) bond motifs is 6. The van der Waals surface area contributed by atoms with Crippen molar-refractivity contribution in [3.8, 4) is 17.1 Å². The molecule has 2 aromatic heterocycles. The number of imidazole rings is 1. The van der Waals surface area contributed by atoms with Crippen LogP contribution in [0.15, 0.2) is 95.4 Å². The second-order valence-electron chi connectivity index (χ2n) is 13.3. The smallest absolute Gasteiger partial charge is 0.149 e. The van der Waals surface area contributed by atoms with Crippen molar-refractivity contribution < 1.29 is 4.42 Å². The van der Waals surface area contributed by atoms with Gasteiger partial charge in [-0.05, 0) is 52.6 Å². The molecule has 0 amide bonds. The van der Waals surface area contributed by atoms with Gasteiger partial charge in [0.1, 0.15) is 17.0 Å². The minimum atomic E-state index is -1.54. The second kappa shape index (κ2) is 9.71. The predicted octanol–water partition coefficient (Wildman–Crippen LogP) is 10.5. The molecular formula is C38H38N2OSi. The van der Waals surface area contributed by atoms with E-state index in [9.17, 15) is 0 Å². The van der Waals surface area contributed by atoms with Crippen molar-refractivity contribution in [1.82, 2.24) is 9.55 Å². The minimum absolute atomic E-state index is 0.358. The molecule has 0 saturated heterocycles. The van der Waals surface area contributed by atoms with Crippen LogP contribution in [-0.4, -0.2) is 17.6 Å². The van der Waals surface area contributed by atoms with E-state index in [0.29, 0.717) is 11.8 Å². The summed E-state index contributed by atoms with van der Waals surface area (Å²) in [5.41, 5.74) is 8.98. The monoisotopic (exact) mass is 566 g/mol. The average molecular weight is 567 g/mol. The summed E-state index contributed by atoms with van der Waals surface area (Å²) in [7, 11) is -1.54. The molecule has 0 atom stereocenters. The maximum Gasteiger partial charge on any atom is 0.149 e. The highest BCUT2D eigenvalue weighted by molar-refractivity contribution is 6.88. The van der Waals surface area contributed by atoms with Gasteiger partial charge < -0.3 is 4.42 Å². The van der Waals surface area contributed by atoms with E-state index in [4.69, 9.17) is 9.40 Å². The molecule has 0 spiro atoms. The van der Waals surface area contributed by atoms with Crippen LogP contribution in [0.2, 0.25) is 19.6 Å². The first-order valence-electron chi connectivity index (χ1n) is 15.1. The van der Waals surface area contributed by atoms with E-state index in [0.717, 1.165) is 49.7 Å². The first-order valence-corrected chi connectivity index (χ1v) is 18.6. The zero-order valence-corrected chi connectivity index (χ0v) is 26.6. The molecular weight excluding hydrogens is 529 g/mol. The van der Waals surface area contributed by atoms with E-state index in [1.54, 1.807) is 0 Å². The zero-order valence-electron chi connectivity index (χ0n) is 25.6.